The average Bonchev–Trinajstić information content (AvgIpc) is 1.04. The Bertz CT molecular complexity index is 2150. The summed E-state index contributed by atoms with van der Waals surface area (Å²) >= 11 is 0. The van der Waals surface area contributed by atoms with Crippen molar-refractivity contribution < 1.29 is 61.9 Å². The first-order valence-electron chi connectivity index (χ1n) is 39.3. The zero-order chi connectivity index (χ0) is 72.6. The van der Waals surface area contributed by atoms with E-state index in [0.29, 0.717) is 23.9 Å². The van der Waals surface area contributed by atoms with Gasteiger partial charge in [0.1, 0.15) is 19.8 Å². The summed E-state index contributed by atoms with van der Waals surface area (Å²) in [6.45, 7) is 8.74. The van der Waals surface area contributed by atoms with E-state index in [1.165, 1.54) is 186 Å². The van der Waals surface area contributed by atoms with E-state index in [0.717, 1.165) is 96.3 Å². The van der Waals surface area contributed by atoms with Gasteiger partial charge in [-0.1, -0.05) is 323 Å². The second kappa shape index (κ2) is 79.7. The molecule has 1 unspecified atom stereocenters. The second-order valence-electron chi connectivity index (χ2n) is 26.9. The molecular weight excluding hydrogens is 1250 g/mol. The quantitative estimate of drug-likeness (QED) is 0.0131. The van der Waals surface area contributed by atoms with Gasteiger partial charge in [-0.25, -0.2) is 9.36 Å². The van der Waals surface area contributed by atoms with Crippen LogP contribution in [0, 0.1) is 0 Å². The molecule has 0 heterocycles. The number of carboxylic acid groups (broad SMARTS) is 2. The summed E-state index contributed by atoms with van der Waals surface area (Å²) in [7, 11) is 1.44. The molecule has 98 heavy (non-hydrogen) atoms. The molecule has 0 spiro atoms. The van der Waals surface area contributed by atoms with E-state index in [9.17, 15) is 28.6 Å². The molecule has 13 nitrogen and oxygen atoms in total. The minimum Gasteiger partial charge on any atom is -0.481 e. The largest absolute Gasteiger partial charge is 0.481 e. The maximum atomic E-state index is 12.6. The molecule has 0 saturated carbocycles. The number of hydrogen-bond acceptors (Lipinski definition) is 9. The fourth-order valence-electron chi connectivity index (χ4n) is 10.0. The number of carbonyl (C=O) groups is 4. The molecule has 566 valence electrons. The number of ether oxygens (including phenoxy) is 2. The van der Waals surface area contributed by atoms with E-state index < -0.39 is 38.4 Å². The minimum absolute atomic E-state index is 0.0212. The number of rotatable bonds is 68. The van der Waals surface area contributed by atoms with Crippen molar-refractivity contribution >= 4 is 31.7 Å². The van der Waals surface area contributed by atoms with E-state index in [-0.39, 0.29) is 38.4 Å². The standard InChI is InChI=1S/C44H80NO8P.C20H38O2.C20H30O2/c1-6-8-10-12-14-16-18-20-21-22-23-25-27-29-31-33-35-37-44(47)53-42(41-52-54(48,49)51-39-38-45(3,4)5)40-50-43(46)36-34-32-30-28-26-24-19-17-15-13-11-9-7-2;2*1-2-3-4-5-6-7-8-9-10-11-12-13-14-15-16-17-18-19-20(21)22/h14,16,20-21,23,25,29,31,42H,6-13,15,17-19,22,24,26-28,30,32-41H2,1-5H3;18-19H,2-17H2,1H3,(H,21,22);3-4,6-7,9-10,12-13,15-16H,2,5,8,11,14,17-19H2,1H3,(H,21,22)/p+1/b16-14-,21-20-,25-23-,31-29-;19-18+;4-3-,7-6-,10-9-,13-12-,16-15-/t42-;;/m1../s1. The molecule has 0 rings (SSSR count). The van der Waals surface area contributed by atoms with Gasteiger partial charge in [0.15, 0.2) is 6.10 Å². The van der Waals surface area contributed by atoms with Crippen LogP contribution in [0.25, 0.3) is 0 Å². The van der Waals surface area contributed by atoms with E-state index in [1.807, 2.05) is 27.2 Å². The maximum Gasteiger partial charge on any atom is 0.472 e. The smallest absolute Gasteiger partial charge is 0.472 e. The Balaban J connectivity index is -0.00000167. The zero-order valence-electron chi connectivity index (χ0n) is 63.8. The Morgan fingerprint density at radius 3 is 1.06 bits per heavy atom. The number of likely N-dealkylation sites (N-methyl/N-ethyl adjacent to an activating group) is 1. The van der Waals surface area contributed by atoms with E-state index in [2.05, 4.69) is 131 Å². The van der Waals surface area contributed by atoms with Crippen LogP contribution in [-0.2, 0) is 42.3 Å². The summed E-state index contributed by atoms with van der Waals surface area (Å²) in [6.07, 6.45) is 94.6. The normalized spacial score (nSPS) is 13.2. The van der Waals surface area contributed by atoms with Crippen LogP contribution >= 0.6 is 7.82 Å². The molecule has 0 aromatic rings. The average molecular weight is 1400 g/mol. The number of phosphoric ester groups is 1. The van der Waals surface area contributed by atoms with E-state index in [1.54, 1.807) is 6.08 Å². The molecule has 0 aromatic heterocycles. The fourth-order valence-corrected chi connectivity index (χ4v) is 10.8. The number of phosphoric acid groups is 1. The van der Waals surface area contributed by atoms with Gasteiger partial charge >= 0.3 is 31.7 Å². The second-order valence-corrected chi connectivity index (χ2v) is 28.3. The third-order valence-electron chi connectivity index (χ3n) is 16.0. The van der Waals surface area contributed by atoms with Gasteiger partial charge in [-0.15, -0.1) is 0 Å². The number of unbranched alkanes of at least 4 members (excludes halogenated alkanes) is 32. The molecule has 0 saturated heterocycles. The number of nitrogens with zero attached hydrogens (tertiary/aromatic N) is 1. The zero-order valence-corrected chi connectivity index (χ0v) is 64.7. The summed E-state index contributed by atoms with van der Waals surface area (Å²) in [4.78, 5) is 55.9. The van der Waals surface area contributed by atoms with Crippen LogP contribution < -0.4 is 0 Å². The van der Waals surface area contributed by atoms with Gasteiger partial charge in [0, 0.05) is 25.3 Å². The first kappa shape index (κ1) is 97.5. The Labute approximate surface area is 601 Å². The Kier molecular flexibility index (Phi) is 79.3. The lowest BCUT2D eigenvalue weighted by Gasteiger charge is -2.24. The molecule has 0 aliphatic heterocycles. The number of carbonyl (C=O) groups excluding carboxylic acids is 2. The molecule has 0 aliphatic carbocycles. The SMILES string of the molecule is CC/C=C\C/C=C\C/C=C\C/C=C\C/C=C\CCCC(=O)O.CCCCC/C=C\C/C=C\C/C=C\C/C=C\CCCC(=O)O[C@H](COC(=O)CCCCCCCCCCCCCCC)COP(=O)(O)OCC[N+](C)(C)C.CCCCCCCCCCCCCCCCC/C=C/C(=O)O. The van der Waals surface area contributed by atoms with Gasteiger partial charge in [0.25, 0.3) is 0 Å². The lowest BCUT2D eigenvalue weighted by Crippen LogP contribution is -2.37. The van der Waals surface area contributed by atoms with Crippen LogP contribution in [0.15, 0.2) is 122 Å². The van der Waals surface area contributed by atoms with Gasteiger partial charge in [-0.2, -0.15) is 0 Å². The molecule has 0 aromatic carbocycles. The van der Waals surface area contributed by atoms with Crippen molar-refractivity contribution in [1.82, 2.24) is 0 Å². The summed E-state index contributed by atoms with van der Waals surface area (Å²) in [6, 6.07) is 0. The molecular formula is C84H149NO12P+. The summed E-state index contributed by atoms with van der Waals surface area (Å²) in [5.74, 6) is -2.41. The predicted molar refractivity (Wildman–Crippen MR) is 416 cm³/mol. The van der Waals surface area contributed by atoms with Crippen molar-refractivity contribution in [2.24, 2.45) is 0 Å². The molecule has 3 N–H and O–H groups in total. The van der Waals surface area contributed by atoms with Crippen molar-refractivity contribution in [2.75, 3.05) is 47.5 Å². The first-order chi connectivity index (χ1) is 47.5. The Hall–Kier alpha value is -4.65. The van der Waals surface area contributed by atoms with Crippen molar-refractivity contribution in [3.8, 4) is 0 Å². The lowest BCUT2D eigenvalue weighted by molar-refractivity contribution is -0.870. The van der Waals surface area contributed by atoms with Crippen LogP contribution in [0.3, 0.4) is 0 Å². The van der Waals surface area contributed by atoms with Gasteiger partial charge < -0.3 is 29.1 Å². The van der Waals surface area contributed by atoms with Gasteiger partial charge in [0.2, 0.25) is 0 Å². The van der Waals surface area contributed by atoms with Crippen molar-refractivity contribution in [2.45, 2.75) is 342 Å². The Morgan fingerprint density at radius 2 is 0.684 bits per heavy atom. The number of hydrogen-bond donors (Lipinski definition) is 3. The Morgan fingerprint density at radius 1 is 0.367 bits per heavy atom. The summed E-state index contributed by atoms with van der Waals surface area (Å²) in [5, 5.41) is 16.9. The van der Waals surface area contributed by atoms with Crippen LogP contribution in [-0.4, -0.2) is 97.1 Å². The van der Waals surface area contributed by atoms with Crippen molar-refractivity contribution in [3.05, 3.63) is 122 Å². The predicted octanol–water partition coefficient (Wildman–Crippen LogP) is 24.8. The monoisotopic (exact) mass is 1400 g/mol. The number of esters is 2. The van der Waals surface area contributed by atoms with Crippen LogP contribution in [0.5, 0.6) is 0 Å². The molecule has 2 atom stereocenters. The highest BCUT2D eigenvalue weighted by molar-refractivity contribution is 7.47. The first-order valence-corrected chi connectivity index (χ1v) is 40.8. The van der Waals surface area contributed by atoms with Crippen molar-refractivity contribution in [3.63, 3.8) is 0 Å². The summed E-state index contributed by atoms with van der Waals surface area (Å²) in [5.41, 5.74) is 0. The number of carboxylic acids is 2. The van der Waals surface area contributed by atoms with Gasteiger partial charge in [-0.05, 0) is 109 Å². The molecule has 0 aliphatic rings. The molecule has 0 amide bonds. The third-order valence-corrected chi connectivity index (χ3v) is 17.0. The number of aliphatic carboxylic acids is 2. The van der Waals surface area contributed by atoms with E-state index in [4.69, 9.17) is 28.7 Å². The van der Waals surface area contributed by atoms with Crippen LogP contribution in [0.2, 0.25) is 0 Å². The summed E-state index contributed by atoms with van der Waals surface area (Å²) < 4.78 is 34.2. The van der Waals surface area contributed by atoms with Gasteiger partial charge in [-0.3, -0.25) is 23.4 Å². The highest BCUT2D eigenvalue weighted by Crippen LogP contribution is 2.43. The van der Waals surface area contributed by atoms with Crippen molar-refractivity contribution in [1.29, 1.82) is 0 Å². The lowest BCUT2D eigenvalue weighted by atomic mass is 10.0. The molecule has 0 radical (unpaired) electrons. The fraction of sp³-hybridized carbons (Fsp3) is 0.714. The van der Waals surface area contributed by atoms with Gasteiger partial charge in [0.05, 0.1) is 27.7 Å². The topological polar surface area (TPSA) is 183 Å². The number of quaternary nitrogens is 1. The maximum absolute atomic E-state index is 12.6. The van der Waals surface area contributed by atoms with Crippen LogP contribution in [0.4, 0.5) is 0 Å². The number of allylic oxidation sites excluding steroid dienone is 19. The van der Waals surface area contributed by atoms with E-state index >= 15 is 0 Å². The highest BCUT2D eigenvalue weighted by Gasteiger charge is 2.27. The molecule has 0 fully saturated rings. The minimum atomic E-state index is -4.39. The highest BCUT2D eigenvalue weighted by atomic mass is 31.2. The van der Waals surface area contributed by atoms with Crippen LogP contribution in [0.1, 0.15) is 336 Å². The molecule has 0 bridgehead atoms. The molecule has 14 heteroatoms. The third kappa shape index (κ3) is 91.4.